The first-order valence-electron chi connectivity index (χ1n) is 9.08. The molecule has 29 heavy (non-hydrogen) atoms. The number of esters is 1. The van der Waals surface area contributed by atoms with Crippen molar-refractivity contribution >= 4 is 16.1 Å². The summed E-state index contributed by atoms with van der Waals surface area (Å²) in [4.78, 5) is 12.1. The van der Waals surface area contributed by atoms with Gasteiger partial charge in [0.1, 0.15) is 16.5 Å². The molecule has 2 aromatic rings. The third kappa shape index (κ3) is 6.47. The molecule has 0 bridgehead atoms. The number of ether oxygens (including phenoxy) is 2. The van der Waals surface area contributed by atoms with E-state index in [2.05, 4.69) is 0 Å². The lowest BCUT2D eigenvalue weighted by molar-refractivity contribution is -0.156. The van der Waals surface area contributed by atoms with Crippen LogP contribution in [0.15, 0.2) is 47.4 Å². The highest BCUT2D eigenvalue weighted by Crippen LogP contribution is 2.31. The van der Waals surface area contributed by atoms with Gasteiger partial charge < -0.3 is 19.4 Å². The van der Waals surface area contributed by atoms with Gasteiger partial charge in [0, 0.05) is 0 Å². The molecule has 0 fully saturated rings. The van der Waals surface area contributed by atoms with E-state index in [1.807, 2.05) is 6.92 Å². The highest BCUT2D eigenvalue weighted by Gasteiger charge is 2.24. The lowest BCUT2D eigenvalue weighted by Crippen LogP contribution is -2.38. The minimum atomic E-state index is -4.05. The zero-order chi connectivity index (χ0) is 21.8. The maximum absolute atomic E-state index is 12.6. The number of aryl methyl sites for hydroxylation is 1. The van der Waals surface area contributed by atoms with E-state index in [-0.39, 0.29) is 22.8 Å². The fourth-order valence-electron chi connectivity index (χ4n) is 2.50. The van der Waals surface area contributed by atoms with E-state index in [0.717, 1.165) is 5.56 Å². The predicted molar refractivity (Wildman–Crippen MR) is 110 cm³/mol. The Hall–Kier alpha value is -2.58. The van der Waals surface area contributed by atoms with E-state index < -0.39 is 27.7 Å². The lowest BCUT2D eigenvalue weighted by Gasteiger charge is -2.22. The zero-order valence-corrected chi connectivity index (χ0v) is 18.1. The van der Waals surface area contributed by atoms with Gasteiger partial charge in [-0.2, -0.15) is 8.42 Å². The van der Waals surface area contributed by atoms with Gasteiger partial charge >= 0.3 is 16.1 Å². The first kappa shape index (κ1) is 22.7. The van der Waals surface area contributed by atoms with Crippen LogP contribution in [0.4, 0.5) is 0 Å². The van der Waals surface area contributed by atoms with Crippen molar-refractivity contribution < 1.29 is 26.9 Å². The van der Waals surface area contributed by atoms with Crippen molar-refractivity contribution in [1.82, 2.24) is 0 Å². The molecule has 0 aromatic heterocycles. The van der Waals surface area contributed by atoms with Crippen molar-refractivity contribution in [3.8, 4) is 11.5 Å². The molecule has 0 amide bonds. The number of benzene rings is 2. The summed E-state index contributed by atoms with van der Waals surface area (Å²) in [6.07, 6.45) is 0.153. The van der Waals surface area contributed by atoms with Gasteiger partial charge in [0.15, 0.2) is 11.5 Å². The van der Waals surface area contributed by atoms with Crippen LogP contribution in [-0.2, 0) is 26.1 Å². The Bertz CT molecular complexity index is 962. The molecule has 0 radical (unpaired) electrons. The summed E-state index contributed by atoms with van der Waals surface area (Å²) in [6.45, 7) is 7.13. The van der Waals surface area contributed by atoms with Crippen LogP contribution >= 0.6 is 0 Å². The van der Waals surface area contributed by atoms with E-state index >= 15 is 0 Å². The molecule has 0 aliphatic carbocycles. The molecule has 7 nitrogen and oxygen atoms in total. The second-order valence-electron chi connectivity index (χ2n) is 7.68. The Kier molecular flexibility index (Phi) is 6.92. The third-order valence-electron chi connectivity index (χ3n) is 3.90. The van der Waals surface area contributed by atoms with Crippen LogP contribution in [0.25, 0.3) is 0 Å². The van der Waals surface area contributed by atoms with Crippen LogP contribution in [0.2, 0.25) is 0 Å². The van der Waals surface area contributed by atoms with Crippen molar-refractivity contribution in [2.45, 2.75) is 50.7 Å². The summed E-state index contributed by atoms with van der Waals surface area (Å²) >= 11 is 0. The monoisotopic (exact) mass is 421 g/mol. The largest absolute Gasteiger partial charge is 0.493 e. The molecule has 2 aromatic carbocycles. The van der Waals surface area contributed by atoms with Crippen LogP contribution in [0.1, 0.15) is 31.9 Å². The SMILES string of the molecule is COc1ccc(C[C@H](N)C(=O)OC(C)(C)C)cc1OS(=O)(=O)c1ccc(C)cc1. The average molecular weight is 422 g/mol. The predicted octanol–water partition coefficient (Wildman–Crippen LogP) is 2.98. The smallest absolute Gasteiger partial charge is 0.339 e. The summed E-state index contributed by atoms with van der Waals surface area (Å²) in [5.74, 6) is -0.277. The maximum atomic E-state index is 12.6. The third-order valence-corrected chi connectivity index (χ3v) is 5.15. The first-order chi connectivity index (χ1) is 13.4. The topological polar surface area (TPSA) is 105 Å². The Balaban J connectivity index is 2.24. The Labute approximate surface area is 171 Å². The van der Waals surface area contributed by atoms with Crippen LogP contribution in [0.3, 0.4) is 0 Å². The van der Waals surface area contributed by atoms with Crippen LogP contribution in [0.5, 0.6) is 11.5 Å². The first-order valence-corrected chi connectivity index (χ1v) is 10.5. The summed E-state index contributed by atoms with van der Waals surface area (Å²) in [6, 6.07) is 10.2. The molecule has 0 heterocycles. The van der Waals surface area contributed by atoms with Gasteiger partial charge in [-0.05, 0) is 63.9 Å². The number of carbonyl (C=O) groups is 1. The van der Waals surface area contributed by atoms with E-state index in [0.29, 0.717) is 5.56 Å². The summed E-state index contributed by atoms with van der Waals surface area (Å²) in [7, 11) is -2.64. The number of nitrogens with two attached hydrogens (primary N) is 1. The van der Waals surface area contributed by atoms with Gasteiger partial charge in [-0.25, -0.2) is 0 Å². The van der Waals surface area contributed by atoms with Gasteiger partial charge in [-0.1, -0.05) is 23.8 Å². The molecule has 0 aliphatic rings. The van der Waals surface area contributed by atoms with Gasteiger partial charge in [0.25, 0.3) is 0 Å². The minimum Gasteiger partial charge on any atom is -0.493 e. The Morgan fingerprint density at radius 1 is 1.07 bits per heavy atom. The number of methoxy groups -OCH3 is 1. The quantitative estimate of drug-likeness (QED) is 0.541. The standard InChI is InChI=1S/C21H27NO6S/c1-14-6-9-16(10-7-14)29(24,25)28-19-13-15(8-11-18(19)26-5)12-17(22)20(23)27-21(2,3)4/h6-11,13,17H,12,22H2,1-5H3/t17-/m0/s1. The van der Waals surface area contributed by atoms with E-state index in [1.165, 1.54) is 25.3 Å². The van der Waals surface area contributed by atoms with Crippen molar-refractivity contribution in [2.24, 2.45) is 5.73 Å². The molecule has 2 rings (SSSR count). The highest BCUT2D eigenvalue weighted by atomic mass is 32.2. The fourth-order valence-corrected chi connectivity index (χ4v) is 3.43. The van der Waals surface area contributed by atoms with Gasteiger partial charge in [-0.3, -0.25) is 4.79 Å². The average Bonchev–Trinajstić information content (AvgIpc) is 2.60. The minimum absolute atomic E-state index is 0.0157. The molecule has 0 aliphatic heterocycles. The molecule has 8 heteroatoms. The van der Waals surface area contributed by atoms with Crippen molar-refractivity contribution in [2.75, 3.05) is 7.11 Å². The molecule has 0 saturated heterocycles. The van der Waals surface area contributed by atoms with Crippen molar-refractivity contribution in [3.05, 3.63) is 53.6 Å². The summed E-state index contributed by atoms with van der Waals surface area (Å²) in [5.41, 5.74) is 6.84. The van der Waals surface area contributed by atoms with Crippen molar-refractivity contribution in [3.63, 3.8) is 0 Å². The molecular weight excluding hydrogens is 394 g/mol. The molecule has 0 unspecified atom stereocenters. The van der Waals surface area contributed by atoms with Crippen LogP contribution in [-0.4, -0.2) is 33.1 Å². The van der Waals surface area contributed by atoms with Gasteiger partial charge in [0.05, 0.1) is 7.11 Å². The van der Waals surface area contributed by atoms with E-state index in [9.17, 15) is 13.2 Å². The normalized spacial score (nSPS) is 12.9. The second-order valence-corrected chi connectivity index (χ2v) is 9.23. The molecule has 1 atom stereocenters. The second kappa shape index (κ2) is 8.84. The number of hydrogen-bond acceptors (Lipinski definition) is 7. The van der Waals surface area contributed by atoms with Crippen LogP contribution < -0.4 is 14.7 Å². The number of hydrogen-bond donors (Lipinski definition) is 1. The van der Waals surface area contributed by atoms with E-state index in [4.69, 9.17) is 19.4 Å². The number of carbonyl (C=O) groups excluding carboxylic acids is 1. The van der Waals surface area contributed by atoms with E-state index in [1.54, 1.807) is 45.0 Å². The Morgan fingerprint density at radius 3 is 2.24 bits per heavy atom. The Morgan fingerprint density at radius 2 is 1.69 bits per heavy atom. The summed E-state index contributed by atoms with van der Waals surface area (Å²) < 4.78 is 41.0. The maximum Gasteiger partial charge on any atom is 0.339 e. The number of rotatable bonds is 7. The van der Waals surface area contributed by atoms with Gasteiger partial charge in [0.2, 0.25) is 0 Å². The molecule has 0 spiro atoms. The molecule has 0 saturated carbocycles. The molecule has 2 N–H and O–H groups in total. The molecular formula is C21H27NO6S. The van der Waals surface area contributed by atoms with Crippen LogP contribution in [0, 0.1) is 6.92 Å². The lowest BCUT2D eigenvalue weighted by atomic mass is 10.1. The molecule has 158 valence electrons. The zero-order valence-electron chi connectivity index (χ0n) is 17.3. The van der Waals surface area contributed by atoms with Crippen molar-refractivity contribution in [1.29, 1.82) is 0 Å². The van der Waals surface area contributed by atoms with Gasteiger partial charge in [-0.15, -0.1) is 0 Å². The summed E-state index contributed by atoms with van der Waals surface area (Å²) in [5, 5.41) is 0. The fraction of sp³-hybridized carbons (Fsp3) is 0.381. The highest BCUT2D eigenvalue weighted by molar-refractivity contribution is 7.87.